The Bertz CT molecular complexity index is 874. The average Bonchev–Trinajstić information content (AvgIpc) is 2.69. The van der Waals surface area contributed by atoms with Crippen LogP contribution in [0.25, 0.3) is 0 Å². The second kappa shape index (κ2) is 10.1. The summed E-state index contributed by atoms with van der Waals surface area (Å²) in [6.45, 7) is 4.08. The number of hydrogen-bond acceptors (Lipinski definition) is 9. The molecule has 0 saturated carbocycles. The van der Waals surface area contributed by atoms with E-state index in [1.165, 1.54) is 13.0 Å². The lowest BCUT2D eigenvalue weighted by molar-refractivity contribution is -0.266. The smallest absolute Gasteiger partial charge is 0.338 e. The third kappa shape index (κ3) is 5.83. The zero-order chi connectivity index (χ0) is 22.5. The molecule has 1 heterocycles. The highest BCUT2D eigenvalue weighted by molar-refractivity contribution is 7.86. The summed E-state index contributed by atoms with van der Waals surface area (Å²) in [5.41, 5.74) is -0.132. The quantitative estimate of drug-likeness (QED) is 0.276. The largest absolute Gasteiger partial charge is 0.453 e. The first-order valence-corrected chi connectivity index (χ1v) is 10.2. The average molecular weight is 447 g/mol. The maximum Gasteiger partial charge on any atom is 0.338 e. The first kappa shape index (κ1) is 23.9. The van der Waals surface area contributed by atoms with Crippen molar-refractivity contribution in [2.75, 3.05) is 13.2 Å². The second-order valence-corrected chi connectivity index (χ2v) is 7.74. The van der Waals surface area contributed by atoms with E-state index in [9.17, 15) is 32.1 Å². The number of hydrogen-bond donors (Lipinski definition) is 3. The SMILES string of the molecule is C=CCO[C@@H]1O[C@H](CO)[C@@H](OC(=O)c2ccc(S(=O)(=O)F)cc2)[C@H](O)[C@H]1NC(C)=O. The van der Waals surface area contributed by atoms with E-state index in [1.807, 2.05) is 0 Å². The first-order chi connectivity index (χ1) is 14.1. The highest BCUT2D eigenvalue weighted by Gasteiger charge is 2.48. The molecule has 2 rings (SSSR count). The Kier molecular flexibility index (Phi) is 8.03. The van der Waals surface area contributed by atoms with Crippen LogP contribution in [0.3, 0.4) is 0 Å². The van der Waals surface area contributed by atoms with E-state index in [0.29, 0.717) is 0 Å². The summed E-state index contributed by atoms with van der Waals surface area (Å²) in [6, 6.07) is 2.69. The molecular formula is C18H22FNO9S. The standard InChI is InChI=1S/C18H22FNO9S/c1-3-8-27-18-14(20-10(2)22)15(23)16(13(9-21)28-18)29-17(24)11-4-6-12(7-5-11)30(19,25)26/h3-7,13-16,18,21,23H,1,8-9H2,2H3,(H,20,22)/t13-,14-,15-,16-,18-/m1/s1. The van der Waals surface area contributed by atoms with Crippen LogP contribution >= 0.6 is 0 Å². The van der Waals surface area contributed by atoms with Crippen molar-refractivity contribution in [1.29, 1.82) is 0 Å². The molecule has 166 valence electrons. The molecule has 12 heteroatoms. The number of halogens is 1. The number of ether oxygens (including phenoxy) is 3. The molecular weight excluding hydrogens is 425 g/mol. The molecule has 1 aliphatic rings. The van der Waals surface area contributed by atoms with Crippen LogP contribution in [0.2, 0.25) is 0 Å². The van der Waals surface area contributed by atoms with Gasteiger partial charge in [0.15, 0.2) is 12.4 Å². The van der Waals surface area contributed by atoms with Gasteiger partial charge in [0, 0.05) is 6.92 Å². The number of carbonyl (C=O) groups excluding carboxylic acids is 2. The van der Waals surface area contributed by atoms with E-state index in [2.05, 4.69) is 11.9 Å². The Morgan fingerprint density at radius 1 is 1.33 bits per heavy atom. The summed E-state index contributed by atoms with van der Waals surface area (Å²) in [7, 11) is -4.93. The summed E-state index contributed by atoms with van der Waals surface area (Å²) in [4.78, 5) is 23.3. The molecule has 3 N–H and O–H groups in total. The number of esters is 1. The summed E-state index contributed by atoms with van der Waals surface area (Å²) in [5.74, 6) is -1.50. The van der Waals surface area contributed by atoms with Crippen LogP contribution in [0.1, 0.15) is 17.3 Å². The minimum Gasteiger partial charge on any atom is -0.453 e. The lowest BCUT2D eigenvalue weighted by Gasteiger charge is -2.43. The molecule has 0 radical (unpaired) electrons. The molecule has 30 heavy (non-hydrogen) atoms. The third-order valence-electron chi connectivity index (χ3n) is 4.22. The van der Waals surface area contributed by atoms with E-state index in [1.54, 1.807) is 0 Å². The predicted molar refractivity (Wildman–Crippen MR) is 99.4 cm³/mol. The van der Waals surface area contributed by atoms with Gasteiger partial charge in [0.2, 0.25) is 5.91 Å². The highest BCUT2D eigenvalue weighted by atomic mass is 32.3. The summed E-state index contributed by atoms with van der Waals surface area (Å²) >= 11 is 0. The van der Waals surface area contributed by atoms with Gasteiger partial charge in [-0.15, -0.1) is 10.5 Å². The van der Waals surface area contributed by atoms with Crippen LogP contribution in [0.4, 0.5) is 3.89 Å². The fraction of sp³-hybridized carbons (Fsp3) is 0.444. The predicted octanol–water partition coefficient (Wildman–Crippen LogP) is -0.344. The second-order valence-electron chi connectivity index (χ2n) is 6.40. The molecule has 1 aromatic carbocycles. The number of carbonyl (C=O) groups is 2. The molecule has 1 saturated heterocycles. The fourth-order valence-electron chi connectivity index (χ4n) is 2.85. The highest BCUT2D eigenvalue weighted by Crippen LogP contribution is 2.26. The Hall–Kier alpha value is -2.38. The first-order valence-electron chi connectivity index (χ1n) is 8.78. The molecule has 10 nitrogen and oxygen atoms in total. The zero-order valence-electron chi connectivity index (χ0n) is 15.9. The van der Waals surface area contributed by atoms with Crippen molar-refractivity contribution in [2.24, 2.45) is 0 Å². The van der Waals surface area contributed by atoms with Gasteiger partial charge in [-0.25, -0.2) is 4.79 Å². The van der Waals surface area contributed by atoms with Crippen molar-refractivity contribution in [3.8, 4) is 0 Å². The van der Waals surface area contributed by atoms with Crippen LogP contribution in [-0.2, 0) is 29.2 Å². The molecule has 5 atom stereocenters. The van der Waals surface area contributed by atoms with Crippen LogP contribution in [-0.4, -0.2) is 74.4 Å². The van der Waals surface area contributed by atoms with Gasteiger partial charge in [-0.1, -0.05) is 6.08 Å². The molecule has 0 unspecified atom stereocenters. The lowest BCUT2D eigenvalue weighted by atomic mass is 9.96. The van der Waals surface area contributed by atoms with Crippen molar-refractivity contribution in [2.45, 2.75) is 42.5 Å². The molecule has 1 aromatic rings. The van der Waals surface area contributed by atoms with Crippen LogP contribution < -0.4 is 5.32 Å². The molecule has 0 aliphatic carbocycles. The normalized spacial score (nSPS) is 26.6. The Morgan fingerprint density at radius 2 is 1.97 bits per heavy atom. The topological polar surface area (TPSA) is 148 Å². The van der Waals surface area contributed by atoms with Gasteiger partial charge in [0.05, 0.1) is 23.7 Å². The lowest BCUT2D eigenvalue weighted by Crippen LogP contribution is -2.65. The van der Waals surface area contributed by atoms with Gasteiger partial charge < -0.3 is 29.7 Å². The summed E-state index contributed by atoms with van der Waals surface area (Å²) in [5, 5.41) is 22.7. The minimum atomic E-state index is -4.93. The van der Waals surface area contributed by atoms with Crippen molar-refractivity contribution >= 4 is 22.1 Å². The third-order valence-corrected chi connectivity index (χ3v) is 5.05. The molecule has 1 aliphatic heterocycles. The summed E-state index contributed by atoms with van der Waals surface area (Å²) in [6.07, 6.45) is -3.82. The fourth-order valence-corrected chi connectivity index (χ4v) is 3.31. The van der Waals surface area contributed by atoms with E-state index < -0.39 is 64.2 Å². The summed E-state index contributed by atoms with van der Waals surface area (Å²) < 4.78 is 50.9. The van der Waals surface area contributed by atoms with E-state index in [-0.39, 0.29) is 12.2 Å². The van der Waals surface area contributed by atoms with Crippen LogP contribution in [0, 0.1) is 0 Å². The zero-order valence-corrected chi connectivity index (χ0v) is 16.7. The van der Waals surface area contributed by atoms with Crippen molar-refractivity contribution < 1.29 is 46.3 Å². The van der Waals surface area contributed by atoms with Gasteiger partial charge in [-0.3, -0.25) is 4.79 Å². The minimum absolute atomic E-state index is 0.0277. The van der Waals surface area contributed by atoms with E-state index >= 15 is 0 Å². The van der Waals surface area contributed by atoms with Crippen molar-refractivity contribution in [1.82, 2.24) is 5.32 Å². The van der Waals surface area contributed by atoms with Gasteiger partial charge >= 0.3 is 16.2 Å². The van der Waals surface area contributed by atoms with E-state index in [4.69, 9.17) is 14.2 Å². The van der Waals surface area contributed by atoms with Crippen LogP contribution in [0.15, 0.2) is 41.8 Å². The Labute approximate surface area is 172 Å². The van der Waals surface area contributed by atoms with Gasteiger partial charge in [-0.05, 0) is 24.3 Å². The number of amides is 1. The molecule has 0 spiro atoms. The maximum atomic E-state index is 13.0. The monoisotopic (exact) mass is 447 g/mol. The van der Waals surface area contributed by atoms with Crippen molar-refractivity contribution in [3.63, 3.8) is 0 Å². The van der Waals surface area contributed by atoms with Crippen molar-refractivity contribution in [3.05, 3.63) is 42.5 Å². The van der Waals surface area contributed by atoms with Crippen LogP contribution in [0.5, 0.6) is 0 Å². The molecule has 1 fully saturated rings. The molecule has 1 amide bonds. The Morgan fingerprint density at radius 3 is 2.47 bits per heavy atom. The molecule has 0 aromatic heterocycles. The van der Waals surface area contributed by atoms with Gasteiger partial charge in [0.25, 0.3) is 0 Å². The Balaban J connectivity index is 2.22. The number of aliphatic hydroxyl groups is 2. The number of nitrogens with one attached hydrogen (secondary N) is 1. The number of rotatable bonds is 8. The number of benzene rings is 1. The van der Waals surface area contributed by atoms with E-state index in [0.717, 1.165) is 24.3 Å². The molecule has 0 bridgehead atoms. The van der Waals surface area contributed by atoms with Gasteiger partial charge in [-0.2, -0.15) is 8.42 Å². The maximum absolute atomic E-state index is 13.0. The van der Waals surface area contributed by atoms with Gasteiger partial charge in [0.1, 0.15) is 18.2 Å². The number of aliphatic hydroxyl groups excluding tert-OH is 2.